The maximum absolute atomic E-state index is 14.0. The first-order chi connectivity index (χ1) is 15.5. The van der Waals surface area contributed by atoms with E-state index >= 15 is 0 Å². The van der Waals surface area contributed by atoms with E-state index in [2.05, 4.69) is 15.3 Å². The highest BCUT2D eigenvalue weighted by molar-refractivity contribution is 7.98. The van der Waals surface area contributed by atoms with Crippen LogP contribution >= 0.6 is 11.8 Å². The van der Waals surface area contributed by atoms with Crippen molar-refractivity contribution in [3.05, 3.63) is 92.7 Å². The number of nitrogens with zero attached hydrogens (tertiary/aromatic N) is 1. The number of aromatic nitrogens is 2. The Morgan fingerprint density at radius 1 is 1.12 bits per heavy atom. The molecular weight excluding hydrogens is 429 g/mol. The molecule has 0 saturated carbocycles. The van der Waals surface area contributed by atoms with Gasteiger partial charge in [-0.15, -0.1) is 0 Å². The molecule has 32 heavy (non-hydrogen) atoms. The summed E-state index contributed by atoms with van der Waals surface area (Å²) in [5.74, 6) is -0.145. The highest BCUT2D eigenvalue weighted by atomic mass is 32.2. The predicted octanol–water partition coefficient (Wildman–Crippen LogP) is 4.47. The first kappa shape index (κ1) is 20.5. The molecule has 0 bridgehead atoms. The monoisotopic (exact) mass is 449 g/mol. The van der Waals surface area contributed by atoms with E-state index in [0.29, 0.717) is 51.8 Å². The molecule has 162 valence electrons. The molecule has 0 radical (unpaired) electrons. The van der Waals surface area contributed by atoms with Gasteiger partial charge in [-0.05, 0) is 42.2 Å². The second-order valence-electron chi connectivity index (χ2n) is 7.84. The molecule has 2 aliphatic rings. The first-order valence-corrected chi connectivity index (χ1v) is 11.3. The smallest absolute Gasteiger partial charge is 0.257 e. The molecule has 0 saturated heterocycles. The van der Waals surface area contributed by atoms with Gasteiger partial charge in [-0.2, -0.15) is 0 Å². The summed E-state index contributed by atoms with van der Waals surface area (Å²) in [6.45, 7) is 0. The molecule has 6 nitrogen and oxygen atoms in total. The number of carbonyl (C=O) groups excluding carboxylic acids is 1. The molecule has 2 aromatic carbocycles. The van der Waals surface area contributed by atoms with Crippen molar-refractivity contribution in [2.75, 3.05) is 5.32 Å². The quantitative estimate of drug-likeness (QED) is 0.402. The Kier molecular flexibility index (Phi) is 5.30. The van der Waals surface area contributed by atoms with Gasteiger partial charge in [-0.25, -0.2) is 9.37 Å². The van der Waals surface area contributed by atoms with E-state index in [4.69, 9.17) is 0 Å². The number of ketones is 1. The molecule has 1 atom stereocenters. The van der Waals surface area contributed by atoms with Crippen molar-refractivity contribution in [3.63, 3.8) is 0 Å². The molecule has 0 fully saturated rings. The average Bonchev–Trinajstić information content (AvgIpc) is 2.77. The van der Waals surface area contributed by atoms with Crippen molar-refractivity contribution in [1.82, 2.24) is 9.97 Å². The zero-order valence-corrected chi connectivity index (χ0v) is 17.8. The Labute approximate surface area is 187 Å². The van der Waals surface area contributed by atoms with Crippen molar-refractivity contribution >= 4 is 23.4 Å². The number of hydrogen-bond donors (Lipinski definition) is 3. The molecular formula is C24H20FN3O3S. The predicted molar refractivity (Wildman–Crippen MR) is 120 cm³/mol. The summed E-state index contributed by atoms with van der Waals surface area (Å²) in [5, 5.41) is 13.6. The van der Waals surface area contributed by atoms with Crippen LogP contribution in [0.4, 0.5) is 10.2 Å². The van der Waals surface area contributed by atoms with Gasteiger partial charge in [0.25, 0.3) is 5.56 Å². The molecule has 2 heterocycles. The summed E-state index contributed by atoms with van der Waals surface area (Å²) in [4.78, 5) is 33.4. The fraction of sp³-hybridized carbons (Fsp3) is 0.208. The number of thioether (sulfide) groups is 1. The SMILES string of the molecule is O=C1CCCC2=C1[C@H](c1cccc(O)c1)c1c(nc(SCc3ccccc3F)[nH]c1=O)N2. The molecule has 0 unspecified atom stereocenters. The Morgan fingerprint density at radius 3 is 2.78 bits per heavy atom. The van der Waals surface area contributed by atoms with E-state index in [-0.39, 0.29) is 22.9 Å². The maximum Gasteiger partial charge on any atom is 0.257 e. The van der Waals surface area contributed by atoms with E-state index in [1.54, 1.807) is 42.5 Å². The van der Waals surface area contributed by atoms with Gasteiger partial charge >= 0.3 is 0 Å². The van der Waals surface area contributed by atoms with Gasteiger partial charge in [0, 0.05) is 29.4 Å². The normalized spacial score (nSPS) is 17.5. The van der Waals surface area contributed by atoms with Gasteiger partial charge in [0.1, 0.15) is 17.4 Å². The number of rotatable bonds is 4. The third-order valence-corrected chi connectivity index (χ3v) is 6.68. The number of fused-ring (bicyclic) bond motifs is 1. The van der Waals surface area contributed by atoms with E-state index in [9.17, 15) is 19.1 Å². The number of phenolic OH excluding ortho intramolecular Hbond substituents is 1. The highest BCUT2D eigenvalue weighted by Gasteiger charge is 2.37. The molecule has 1 aromatic heterocycles. The van der Waals surface area contributed by atoms with Crippen LogP contribution in [-0.2, 0) is 10.5 Å². The van der Waals surface area contributed by atoms with E-state index in [1.165, 1.54) is 17.8 Å². The number of H-pyrrole nitrogens is 1. The van der Waals surface area contributed by atoms with Gasteiger partial charge in [0.05, 0.1) is 5.56 Å². The molecule has 5 rings (SSSR count). The zero-order valence-electron chi connectivity index (χ0n) is 17.0. The highest BCUT2D eigenvalue weighted by Crippen LogP contribution is 2.44. The third-order valence-electron chi connectivity index (χ3n) is 5.76. The van der Waals surface area contributed by atoms with Crippen LogP contribution in [0.3, 0.4) is 0 Å². The van der Waals surface area contributed by atoms with Crippen molar-refractivity contribution in [2.45, 2.75) is 36.1 Å². The standard InChI is InChI=1S/C24H20FN3O3S/c25-16-8-2-1-5-14(16)12-32-24-27-22-21(23(31)28-24)19(13-6-3-7-15(29)11-13)20-17(26-22)9-4-10-18(20)30/h1-3,5-8,11,19,29H,4,9-10,12H2,(H2,26,27,28,31)/t19-/m0/s1. The number of hydrogen-bond acceptors (Lipinski definition) is 6. The molecule has 0 spiro atoms. The average molecular weight is 450 g/mol. The van der Waals surface area contributed by atoms with Gasteiger partial charge in [-0.3, -0.25) is 9.59 Å². The van der Waals surface area contributed by atoms with Crippen LogP contribution in [0.15, 0.2) is 69.8 Å². The van der Waals surface area contributed by atoms with Crippen molar-refractivity contribution in [2.24, 2.45) is 0 Å². The Bertz CT molecular complexity index is 1320. The minimum atomic E-state index is -0.608. The summed E-state index contributed by atoms with van der Waals surface area (Å²) in [7, 11) is 0. The van der Waals surface area contributed by atoms with Crippen LogP contribution in [-0.4, -0.2) is 20.9 Å². The Balaban J connectivity index is 1.57. The minimum absolute atomic E-state index is 0.00449. The lowest BCUT2D eigenvalue weighted by atomic mass is 9.76. The van der Waals surface area contributed by atoms with Crippen LogP contribution in [0.1, 0.15) is 41.9 Å². The van der Waals surface area contributed by atoms with E-state index < -0.39 is 5.92 Å². The molecule has 8 heteroatoms. The van der Waals surface area contributed by atoms with Crippen LogP contribution in [0.2, 0.25) is 0 Å². The largest absolute Gasteiger partial charge is 0.508 e. The number of phenols is 1. The number of halogens is 1. The summed E-state index contributed by atoms with van der Waals surface area (Å²) in [6, 6.07) is 13.1. The fourth-order valence-electron chi connectivity index (χ4n) is 4.31. The number of Topliss-reactive ketones (excluding diaryl/α,β-unsaturated/α-hetero) is 1. The number of aromatic amines is 1. The van der Waals surface area contributed by atoms with Crippen molar-refractivity contribution < 1.29 is 14.3 Å². The lowest BCUT2D eigenvalue weighted by molar-refractivity contribution is -0.116. The summed E-state index contributed by atoms with van der Waals surface area (Å²) in [5.41, 5.74) is 2.50. The maximum atomic E-state index is 14.0. The minimum Gasteiger partial charge on any atom is -0.508 e. The van der Waals surface area contributed by atoms with Crippen LogP contribution in [0.5, 0.6) is 5.75 Å². The number of aromatic hydroxyl groups is 1. The summed E-state index contributed by atoms with van der Waals surface area (Å²) in [6.07, 6.45) is 1.83. The molecule has 3 N–H and O–H groups in total. The van der Waals surface area contributed by atoms with Gasteiger partial charge < -0.3 is 15.4 Å². The van der Waals surface area contributed by atoms with Crippen LogP contribution in [0.25, 0.3) is 0 Å². The molecule has 0 amide bonds. The van der Waals surface area contributed by atoms with Gasteiger partial charge in [-0.1, -0.05) is 42.1 Å². The Hall–Kier alpha value is -3.39. The number of benzene rings is 2. The van der Waals surface area contributed by atoms with E-state index in [0.717, 1.165) is 12.1 Å². The number of nitrogens with one attached hydrogen (secondary N) is 2. The van der Waals surface area contributed by atoms with Gasteiger partial charge in [0.2, 0.25) is 0 Å². The topological polar surface area (TPSA) is 95.1 Å². The fourth-order valence-corrected chi connectivity index (χ4v) is 5.16. The lowest BCUT2D eigenvalue weighted by Gasteiger charge is -2.32. The van der Waals surface area contributed by atoms with Crippen molar-refractivity contribution in [3.8, 4) is 5.75 Å². The first-order valence-electron chi connectivity index (χ1n) is 10.3. The number of allylic oxidation sites excluding steroid dienone is 2. The lowest BCUT2D eigenvalue weighted by Crippen LogP contribution is -2.32. The number of carbonyl (C=O) groups is 1. The Morgan fingerprint density at radius 2 is 1.97 bits per heavy atom. The zero-order chi connectivity index (χ0) is 22.2. The third kappa shape index (κ3) is 3.71. The van der Waals surface area contributed by atoms with E-state index in [1.807, 2.05) is 0 Å². The van der Waals surface area contributed by atoms with Crippen LogP contribution in [0, 0.1) is 5.82 Å². The second-order valence-corrected chi connectivity index (χ2v) is 8.80. The molecule has 1 aliphatic carbocycles. The van der Waals surface area contributed by atoms with Crippen LogP contribution < -0.4 is 10.9 Å². The van der Waals surface area contributed by atoms with Gasteiger partial charge in [0.15, 0.2) is 10.9 Å². The molecule has 3 aromatic rings. The van der Waals surface area contributed by atoms with Crippen molar-refractivity contribution in [1.29, 1.82) is 0 Å². The summed E-state index contributed by atoms with van der Waals surface area (Å²) < 4.78 is 14.0. The molecule has 1 aliphatic heterocycles. The number of anilines is 1. The summed E-state index contributed by atoms with van der Waals surface area (Å²) >= 11 is 1.23. The second kappa shape index (κ2) is 8.27.